The number of nitrogens with one attached hydrogen (secondary N) is 1. The molecule has 0 saturated carbocycles. The summed E-state index contributed by atoms with van der Waals surface area (Å²) in [6.07, 6.45) is -0.372. The Labute approximate surface area is 141 Å². The lowest BCUT2D eigenvalue weighted by molar-refractivity contribution is -0.149. The van der Waals surface area contributed by atoms with Crippen LogP contribution >= 0.6 is 11.6 Å². The van der Waals surface area contributed by atoms with Crippen LogP contribution in [0.2, 0.25) is 5.02 Å². The first-order valence-electron chi connectivity index (χ1n) is 7.43. The van der Waals surface area contributed by atoms with E-state index in [1.54, 1.807) is 17.0 Å². The molecule has 0 aliphatic carbocycles. The van der Waals surface area contributed by atoms with E-state index in [9.17, 15) is 13.2 Å². The Bertz CT molecular complexity index is 663. The van der Waals surface area contributed by atoms with Crippen molar-refractivity contribution in [3.63, 3.8) is 0 Å². The predicted octanol–water partition coefficient (Wildman–Crippen LogP) is 1.50. The van der Waals surface area contributed by atoms with Crippen molar-refractivity contribution in [3.05, 3.63) is 29.3 Å². The average molecular weight is 361 g/mol. The summed E-state index contributed by atoms with van der Waals surface area (Å²) >= 11 is 5.93. The number of hydrogen-bond acceptors (Lipinski definition) is 4. The minimum atomic E-state index is -3.71. The first-order valence-corrected chi connectivity index (χ1v) is 9.29. The summed E-state index contributed by atoms with van der Waals surface area (Å²) in [7, 11) is -3.71. The third-order valence-electron chi connectivity index (χ3n) is 3.43. The van der Waals surface area contributed by atoms with E-state index >= 15 is 0 Å². The molecule has 2 rings (SSSR count). The van der Waals surface area contributed by atoms with E-state index in [-0.39, 0.29) is 35.1 Å². The molecule has 1 heterocycles. The number of carbonyl (C=O) groups excluding carboxylic acids is 1. The van der Waals surface area contributed by atoms with Crippen molar-refractivity contribution >= 4 is 27.5 Å². The van der Waals surface area contributed by atoms with Gasteiger partial charge in [0.1, 0.15) is 11.5 Å². The van der Waals surface area contributed by atoms with Gasteiger partial charge < -0.3 is 9.64 Å². The predicted molar refractivity (Wildman–Crippen MR) is 87.8 cm³/mol. The molecule has 1 amide bonds. The molecule has 1 atom stereocenters. The summed E-state index contributed by atoms with van der Waals surface area (Å²) in [5, 5.41) is 0.168. The summed E-state index contributed by atoms with van der Waals surface area (Å²) in [6.45, 7) is 5.13. The third kappa shape index (κ3) is 4.91. The minimum Gasteiger partial charge on any atom is -0.365 e. The quantitative estimate of drug-likeness (QED) is 0.834. The second kappa shape index (κ2) is 7.61. The Balaban J connectivity index is 1.98. The van der Waals surface area contributed by atoms with Crippen LogP contribution in [0.25, 0.3) is 0 Å². The van der Waals surface area contributed by atoms with Crippen LogP contribution in [0.3, 0.4) is 0 Å². The molecule has 1 aromatic carbocycles. The topological polar surface area (TPSA) is 75.7 Å². The smallest absolute Gasteiger partial charge is 0.248 e. The van der Waals surface area contributed by atoms with Crippen LogP contribution in [0, 0.1) is 5.92 Å². The van der Waals surface area contributed by atoms with Gasteiger partial charge in [0.05, 0.1) is 11.1 Å². The van der Waals surface area contributed by atoms with Crippen molar-refractivity contribution in [3.8, 4) is 0 Å². The summed E-state index contributed by atoms with van der Waals surface area (Å²) < 4.78 is 32.5. The molecular formula is C15H21ClN2O4S. The van der Waals surface area contributed by atoms with Gasteiger partial charge in [-0.1, -0.05) is 37.6 Å². The largest absolute Gasteiger partial charge is 0.365 e. The van der Waals surface area contributed by atoms with Gasteiger partial charge in [-0.3, -0.25) is 4.79 Å². The molecule has 1 aliphatic rings. The number of benzene rings is 1. The van der Waals surface area contributed by atoms with Gasteiger partial charge in [-0.25, -0.2) is 13.1 Å². The van der Waals surface area contributed by atoms with E-state index in [1.165, 1.54) is 12.1 Å². The van der Waals surface area contributed by atoms with Gasteiger partial charge in [0.25, 0.3) is 0 Å². The lowest BCUT2D eigenvalue weighted by atomic mass is 10.2. The Hall–Kier alpha value is -1.15. The molecule has 0 aromatic heterocycles. The summed E-state index contributed by atoms with van der Waals surface area (Å²) in [4.78, 5) is 13.5. The van der Waals surface area contributed by atoms with Crippen molar-refractivity contribution in [1.29, 1.82) is 0 Å². The number of carbonyl (C=O) groups is 1. The van der Waals surface area contributed by atoms with E-state index < -0.39 is 10.0 Å². The number of hydrogen-bond donors (Lipinski definition) is 1. The fourth-order valence-corrected chi connectivity index (χ4v) is 3.95. The molecule has 1 fully saturated rings. The average Bonchev–Trinajstić information content (AvgIpc) is 2.48. The second-order valence-corrected chi connectivity index (χ2v) is 8.05. The zero-order chi connectivity index (χ0) is 17.0. The number of amides is 1. The molecule has 0 bridgehead atoms. The molecule has 6 nitrogen and oxygen atoms in total. The highest BCUT2D eigenvalue weighted by Crippen LogP contribution is 2.20. The van der Waals surface area contributed by atoms with E-state index in [2.05, 4.69) is 4.72 Å². The number of ether oxygens (including phenoxy) is 1. The summed E-state index contributed by atoms with van der Waals surface area (Å²) in [5.74, 6) is 0.279. The molecule has 0 spiro atoms. The Morgan fingerprint density at radius 3 is 2.74 bits per heavy atom. The molecule has 8 heteroatoms. The summed E-state index contributed by atoms with van der Waals surface area (Å²) in [5.41, 5.74) is 0. The highest BCUT2D eigenvalue weighted by Gasteiger charge is 2.28. The van der Waals surface area contributed by atoms with Gasteiger partial charge in [-0.05, 0) is 18.1 Å². The number of rotatable bonds is 6. The van der Waals surface area contributed by atoms with E-state index in [0.717, 1.165) is 0 Å². The molecule has 1 aromatic rings. The zero-order valence-electron chi connectivity index (χ0n) is 13.2. The lowest BCUT2D eigenvalue weighted by Crippen LogP contribution is -2.51. The normalized spacial score (nSPS) is 19.4. The summed E-state index contributed by atoms with van der Waals surface area (Å²) in [6, 6.07) is 6.25. The van der Waals surface area contributed by atoms with Gasteiger partial charge >= 0.3 is 0 Å². The molecule has 1 aliphatic heterocycles. The first-order chi connectivity index (χ1) is 10.8. The number of halogens is 1. The fourth-order valence-electron chi connectivity index (χ4n) is 2.36. The third-order valence-corrected chi connectivity index (χ3v) is 5.36. The molecule has 0 radical (unpaired) electrons. The van der Waals surface area contributed by atoms with Gasteiger partial charge in [0.15, 0.2) is 0 Å². The second-order valence-electron chi connectivity index (χ2n) is 5.91. The highest BCUT2D eigenvalue weighted by atomic mass is 35.5. The van der Waals surface area contributed by atoms with E-state index in [0.29, 0.717) is 19.0 Å². The van der Waals surface area contributed by atoms with Gasteiger partial charge in [-0.15, -0.1) is 0 Å². The van der Waals surface area contributed by atoms with Crippen LogP contribution in [0.15, 0.2) is 29.2 Å². The maximum atomic E-state index is 12.3. The minimum absolute atomic E-state index is 0.0226. The van der Waals surface area contributed by atoms with Crippen molar-refractivity contribution in [1.82, 2.24) is 9.62 Å². The van der Waals surface area contributed by atoms with E-state index in [1.807, 2.05) is 13.8 Å². The zero-order valence-corrected chi connectivity index (χ0v) is 14.7. The highest BCUT2D eigenvalue weighted by molar-refractivity contribution is 7.89. The first kappa shape index (κ1) is 18.2. The SMILES string of the molecule is CC(C)CN1CC(CNS(=O)(=O)c2ccccc2Cl)OCC1=O. The standard InChI is InChI=1S/C15H21ClN2O4S/c1-11(2)8-18-9-12(22-10-15(18)19)7-17-23(20,21)14-6-4-3-5-13(14)16/h3-6,11-12,17H,7-10H2,1-2H3. The monoisotopic (exact) mass is 360 g/mol. The Morgan fingerprint density at radius 2 is 2.09 bits per heavy atom. The van der Waals surface area contributed by atoms with Crippen LogP contribution in [0.1, 0.15) is 13.8 Å². The molecule has 23 heavy (non-hydrogen) atoms. The molecule has 1 unspecified atom stereocenters. The van der Waals surface area contributed by atoms with Crippen LogP contribution in [-0.4, -0.2) is 51.6 Å². The van der Waals surface area contributed by atoms with Crippen LogP contribution in [-0.2, 0) is 19.6 Å². The van der Waals surface area contributed by atoms with Gasteiger partial charge in [0, 0.05) is 19.6 Å². The Kier molecular flexibility index (Phi) is 6.02. The van der Waals surface area contributed by atoms with Crippen molar-refractivity contribution in [2.75, 3.05) is 26.2 Å². The molecular weight excluding hydrogens is 340 g/mol. The maximum Gasteiger partial charge on any atom is 0.248 e. The van der Waals surface area contributed by atoms with Gasteiger partial charge in [0.2, 0.25) is 15.9 Å². The lowest BCUT2D eigenvalue weighted by Gasteiger charge is -2.33. The van der Waals surface area contributed by atoms with Crippen LogP contribution in [0.4, 0.5) is 0 Å². The van der Waals surface area contributed by atoms with Crippen LogP contribution < -0.4 is 4.72 Å². The van der Waals surface area contributed by atoms with Crippen molar-refractivity contribution in [2.24, 2.45) is 5.92 Å². The number of morpholine rings is 1. The number of sulfonamides is 1. The molecule has 1 N–H and O–H groups in total. The maximum absolute atomic E-state index is 12.3. The Morgan fingerprint density at radius 1 is 1.39 bits per heavy atom. The van der Waals surface area contributed by atoms with Crippen molar-refractivity contribution in [2.45, 2.75) is 24.8 Å². The number of nitrogens with zero attached hydrogens (tertiary/aromatic N) is 1. The van der Waals surface area contributed by atoms with Crippen LogP contribution in [0.5, 0.6) is 0 Å². The van der Waals surface area contributed by atoms with Gasteiger partial charge in [-0.2, -0.15) is 0 Å². The fraction of sp³-hybridized carbons (Fsp3) is 0.533. The molecule has 1 saturated heterocycles. The van der Waals surface area contributed by atoms with Crippen molar-refractivity contribution < 1.29 is 17.9 Å². The molecule has 128 valence electrons. The van der Waals surface area contributed by atoms with E-state index in [4.69, 9.17) is 16.3 Å².